The average Bonchev–Trinajstić information content (AvgIpc) is 3.33. The third kappa shape index (κ3) is 3.42. The van der Waals surface area contributed by atoms with Gasteiger partial charge in [-0.15, -0.1) is 21.8 Å². The van der Waals surface area contributed by atoms with E-state index in [1.807, 2.05) is 29.8 Å². The summed E-state index contributed by atoms with van der Waals surface area (Å²) in [5, 5.41) is 8.39. The van der Waals surface area contributed by atoms with Crippen molar-refractivity contribution in [3.63, 3.8) is 0 Å². The fourth-order valence-electron chi connectivity index (χ4n) is 5.37. The van der Waals surface area contributed by atoms with Crippen LogP contribution in [-0.2, 0) is 31.1 Å². The molecule has 0 bridgehead atoms. The lowest BCUT2D eigenvalue weighted by Gasteiger charge is -2.46. The molecule has 33 heavy (non-hydrogen) atoms. The fourth-order valence-corrected chi connectivity index (χ4v) is 5.53. The van der Waals surface area contributed by atoms with Gasteiger partial charge in [-0.2, -0.15) is 13.2 Å². The lowest BCUT2D eigenvalue weighted by atomic mass is 9.58. The van der Waals surface area contributed by atoms with Gasteiger partial charge in [0.1, 0.15) is 12.2 Å². The van der Waals surface area contributed by atoms with E-state index in [0.717, 1.165) is 30.3 Å². The second kappa shape index (κ2) is 7.58. The summed E-state index contributed by atoms with van der Waals surface area (Å²) in [4.78, 5) is 14.6. The first-order valence-corrected chi connectivity index (χ1v) is 11.2. The van der Waals surface area contributed by atoms with Crippen molar-refractivity contribution in [1.29, 1.82) is 0 Å². The number of carbonyl (C=O) groups excluding carboxylic acids is 1. The lowest BCUT2D eigenvalue weighted by molar-refractivity contribution is -0.138. The van der Waals surface area contributed by atoms with Crippen LogP contribution in [0, 0.1) is 5.92 Å². The Bertz CT molecular complexity index is 1250. The number of rotatable bonds is 4. The van der Waals surface area contributed by atoms with Crippen LogP contribution in [0.2, 0.25) is 0 Å². The van der Waals surface area contributed by atoms with E-state index in [4.69, 9.17) is 11.6 Å². The number of benzene rings is 2. The third-order valence-corrected chi connectivity index (χ3v) is 7.11. The predicted molar refractivity (Wildman–Crippen MR) is 118 cm³/mol. The zero-order chi connectivity index (χ0) is 23.5. The maximum atomic E-state index is 13.7. The molecule has 2 heterocycles. The van der Waals surface area contributed by atoms with Gasteiger partial charge >= 0.3 is 6.18 Å². The highest BCUT2D eigenvalue weighted by molar-refractivity contribution is 6.17. The molecule has 3 aromatic rings. The molecular formula is C24H22ClF3N4O. The molecule has 1 fully saturated rings. The number of aryl methyl sites for hydroxylation is 1. The monoisotopic (exact) mass is 474 g/mol. The molecule has 0 atom stereocenters. The fraction of sp³-hybridized carbons (Fsp3) is 0.375. The molecule has 0 spiro atoms. The summed E-state index contributed by atoms with van der Waals surface area (Å²) in [7, 11) is 1.90. The SMILES string of the molecule is CC1CC(c2cccc(N3Cc4c(cc(CCl)cc4C(F)(F)F)C3=O)c2)(c2nncn2C)C1. The van der Waals surface area contributed by atoms with Crippen LogP contribution in [0.3, 0.4) is 0 Å². The van der Waals surface area contributed by atoms with Crippen LogP contribution < -0.4 is 4.90 Å². The molecule has 9 heteroatoms. The minimum atomic E-state index is -4.57. The molecule has 5 nitrogen and oxygen atoms in total. The zero-order valence-corrected chi connectivity index (χ0v) is 18.9. The van der Waals surface area contributed by atoms with Gasteiger partial charge < -0.3 is 9.47 Å². The van der Waals surface area contributed by atoms with Crippen LogP contribution in [0.4, 0.5) is 18.9 Å². The Hall–Kier alpha value is -2.87. The number of hydrogen-bond acceptors (Lipinski definition) is 3. The van der Waals surface area contributed by atoms with E-state index in [0.29, 0.717) is 11.6 Å². The third-order valence-electron chi connectivity index (χ3n) is 6.80. The highest BCUT2D eigenvalue weighted by atomic mass is 35.5. The molecule has 1 aliphatic carbocycles. The largest absolute Gasteiger partial charge is 0.416 e. The Kier molecular flexibility index (Phi) is 5.04. The number of halogens is 4. The lowest BCUT2D eigenvalue weighted by Crippen LogP contribution is -2.43. The van der Waals surface area contributed by atoms with Crippen molar-refractivity contribution in [2.45, 2.75) is 43.8 Å². The van der Waals surface area contributed by atoms with Crippen molar-refractivity contribution in [3.8, 4) is 0 Å². The van der Waals surface area contributed by atoms with Gasteiger partial charge in [-0.05, 0) is 59.7 Å². The molecule has 1 aliphatic heterocycles. The Morgan fingerprint density at radius 3 is 2.58 bits per heavy atom. The normalized spacial score (nSPS) is 22.4. The van der Waals surface area contributed by atoms with Gasteiger partial charge in [0.2, 0.25) is 0 Å². The Morgan fingerprint density at radius 2 is 1.97 bits per heavy atom. The molecule has 172 valence electrons. The van der Waals surface area contributed by atoms with E-state index in [9.17, 15) is 18.0 Å². The molecule has 0 radical (unpaired) electrons. The number of carbonyl (C=O) groups is 1. The second-order valence-corrected chi connectivity index (χ2v) is 9.37. The zero-order valence-electron chi connectivity index (χ0n) is 18.2. The van der Waals surface area contributed by atoms with Crippen LogP contribution in [-0.4, -0.2) is 20.7 Å². The van der Waals surface area contributed by atoms with Gasteiger partial charge in [0.25, 0.3) is 5.91 Å². The summed E-state index contributed by atoms with van der Waals surface area (Å²) < 4.78 is 43.1. The summed E-state index contributed by atoms with van der Waals surface area (Å²) >= 11 is 5.81. The van der Waals surface area contributed by atoms with Crippen molar-refractivity contribution in [3.05, 3.63) is 76.4 Å². The first kappa shape index (κ1) is 21.9. The number of anilines is 1. The molecule has 0 N–H and O–H groups in total. The van der Waals surface area contributed by atoms with Gasteiger partial charge in [-0.3, -0.25) is 4.79 Å². The van der Waals surface area contributed by atoms with Crippen LogP contribution >= 0.6 is 11.6 Å². The van der Waals surface area contributed by atoms with Crippen LogP contribution in [0.25, 0.3) is 0 Å². The van der Waals surface area contributed by atoms with Crippen molar-refractivity contribution in [2.24, 2.45) is 13.0 Å². The Balaban J connectivity index is 1.56. The number of nitrogens with zero attached hydrogens (tertiary/aromatic N) is 4. The van der Waals surface area contributed by atoms with Gasteiger partial charge in [-0.25, -0.2) is 0 Å². The van der Waals surface area contributed by atoms with E-state index in [-0.39, 0.29) is 34.5 Å². The second-order valence-electron chi connectivity index (χ2n) is 9.10. The van der Waals surface area contributed by atoms with Gasteiger partial charge in [0.05, 0.1) is 17.5 Å². The summed E-state index contributed by atoms with van der Waals surface area (Å²) in [6.45, 7) is 2.04. The van der Waals surface area contributed by atoms with E-state index in [2.05, 4.69) is 17.1 Å². The summed E-state index contributed by atoms with van der Waals surface area (Å²) in [5.41, 5.74) is 0.741. The molecule has 1 saturated carbocycles. The average molecular weight is 475 g/mol. The minimum absolute atomic E-state index is 0.00736. The van der Waals surface area contributed by atoms with Gasteiger partial charge in [0, 0.05) is 24.2 Å². The summed E-state index contributed by atoms with van der Waals surface area (Å²) in [5.74, 6) is 0.804. The smallest absolute Gasteiger partial charge is 0.320 e. The number of amides is 1. The topological polar surface area (TPSA) is 51.0 Å². The van der Waals surface area contributed by atoms with Crippen molar-refractivity contribution < 1.29 is 18.0 Å². The van der Waals surface area contributed by atoms with Gasteiger partial charge in [-0.1, -0.05) is 19.1 Å². The minimum Gasteiger partial charge on any atom is -0.320 e. The number of hydrogen-bond donors (Lipinski definition) is 0. The number of fused-ring (bicyclic) bond motifs is 1. The first-order valence-electron chi connectivity index (χ1n) is 10.7. The van der Waals surface area contributed by atoms with Crippen LogP contribution in [0.15, 0.2) is 42.7 Å². The van der Waals surface area contributed by atoms with Crippen LogP contribution in [0.1, 0.15) is 58.2 Å². The number of aromatic nitrogens is 3. The summed E-state index contributed by atoms with van der Waals surface area (Å²) in [6, 6.07) is 10.0. The van der Waals surface area contributed by atoms with E-state index < -0.39 is 17.6 Å². The molecule has 0 unspecified atom stereocenters. The molecular weight excluding hydrogens is 453 g/mol. The van der Waals surface area contributed by atoms with Crippen molar-refractivity contribution in [2.75, 3.05) is 4.90 Å². The maximum absolute atomic E-state index is 13.7. The molecule has 1 aromatic heterocycles. The Morgan fingerprint density at radius 1 is 1.21 bits per heavy atom. The van der Waals surface area contributed by atoms with Crippen LogP contribution in [0.5, 0.6) is 0 Å². The molecule has 2 aliphatic rings. The Labute approximate surface area is 194 Å². The summed E-state index contributed by atoms with van der Waals surface area (Å²) in [6.07, 6.45) is -1.14. The van der Waals surface area contributed by atoms with E-state index in [1.165, 1.54) is 11.0 Å². The standard InChI is InChI=1S/C24H22ClF3N4O/c1-14-9-23(10-14,22-30-29-13-31(22)2)16-4-3-5-17(8-16)32-12-19-18(21(32)33)6-15(11-25)7-20(19)24(26,27)28/h3-8,13-14H,9-12H2,1-2H3. The van der Waals surface area contributed by atoms with Crippen molar-refractivity contribution >= 4 is 23.2 Å². The molecule has 5 rings (SSSR count). The molecule has 2 aromatic carbocycles. The predicted octanol–water partition coefficient (Wildman–Crippen LogP) is 5.45. The number of alkyl halides is 4. The highest BCUT2D eigenvalue weighted by Crippen LogP contribution is 2.52. The van der Waals surface area contributed by atoms with Crippen molar-refractivity contribution in [1.82, 2.24) is 14.8 Å². The van der Waals surface area contributed by atoms with Gasteiger partial charge in [0.15, 0.2) is 0 Å². The molecule has 0 saturated heterocycles. The highest BCUT2D eigenvalue weighted by Gasteiger charge is 2.48. The van der Waals surface area contributed by atoms with E-state index >= 15 is 0 Å². The van der Waals surface area contributed by atoms with E-state index in [1.54, 1.807) is 12.4 Å². The molecule has 1 amide bonds. The first-order chi connectivity index (χ1) is 15.6. The quantitative estimate of drug-likeness (QED) is 0.472. The maximum Gasteiger partial charge on any atom is 0.416 e.